The molecule has 0 spiro atoms. The van der Waals surface area contributed by atoms with Crippen LogP contribution in [-0.4, -0.2) is 56.0 Å². The summed E-state index contributed by atoms with van der Waals surface area (Å²) in [6.07, 6.45) is 2.88. The minimum atomic E-state index is -0.734. The normalized spacial score (nSPS) is 17.6. The number of benzene rings is 2. The second kappa shape index (κ2) is 9.36. The first-order chi connectivity index (χ1) is 16.9. The van der Waals surface area contributed by atoms with Crippen LogP contribution in [-0.2, 0) is 4.79 Å². The summed E-state index contributed by atoms with van der Waals surface area (Å²) in [7, 11) is 0. The highest BCUT2D eigenvalue weighted by Crippen LogP contribution is 2.32. The molecule has 3 aliphatic rings. The Kier molecular flexibility index (Phi) is 6.10. The lowest BCUT2D eigenvalue weighted by Gasteiger charge is -2.39. The van der Waals surface area contributed by atoms with Gasteiger partial charge in [0.15, 0.2) is 17.3 Å². The highest BCUT2D eigenvalue weighted by Gasteiger charge is 2.34. The molecule has 10 heteroatoms. The smallest absolute Gasteiger partial charge is 0.256 e. The van der Waals surface area contributed by atoms with Crippen molar-refractivity contribution in [2.75, 3.05) is 44.7 Å². The van der Waals surface area contributed by atoms with E-state index in [1.165, 1.54) is 29.3 Å². The number of nitrogens with one attached hydrogen (secondary N) is 2. The summed E-state index contributed by atoms with van der Waals surface area (Å²) in [6, 6.07) is 6.72. The van der Waals surface area contributed by atoms with Crippen LogP contribution in [0, 0.1) is 17.6 Å². The molecule has 5 rings (SSSR count). The van der Waals surface area contributed by atoms with E-state index in [1.807, 2.05) is 0 Å². The number of carbonyl (C=O) groups excluding carboxylic acids is 2. The van der Waals surface area contributed by atoms with Crippen LogP contribution >= 0.6 is 0 Å². The van der Waals surface area contributed by atoms with Gasteiger partial charge >= 0.3 is 0 Å². The summed E-state index contributed by atoms with van der Waals surface area (Å²) < 4.78 is 53.8. The number of rotatable bonds is 5. The number of ether oxygens (including phenoxy) is 2. The SMILES string of the molecule is O=C1CNc2cc(C(=O)N3CC(COc4ccc(C5=CCNC=C5F)cc4F)C3)c(F)cc2OC1. The number of amides is 1. The van der Waals surface area contributed by atoms with E-state index in [-0.39, 0.29) is 48.5 Å². The van der Waals surface area contributed by atoms with Crippen LogP contribution in [0.2, 0.25) is 0 Å². The summed E-state index contributed by atoms with van der Waals surface area (Å²) in [5, 5.41) is 5.60. The van der Waals surface area contributed by atoms with Crippen molar-refractivity contribution in [2.24, 2.45) is 5.92 Å². The molecule has 35 heavy (non-hydrogen) atoms. The van der Waals surface area contributed by atoms with Gasteiger partial charge in [-0.15, -0.1) is 0 Å². The fourth-order valence-electron chi connectivity index (χ4n) is 4.12. The molecule has 0 saturated carbocycles. The fraction of sp³-hybridized carbons (Fsp3) is 0.280. The molecule has 0 unspecified atom stereocenters. The van der Waals surface area contributed by atoms with Gasteiger partial charge in [-0.3, -0.25) is 9.59 Å². The van der Waals surface area contributed by atoms with E-state index in [0.717, 1.165) is 6.07 Å². The Labute approximate surface area is 199 Å². The number of allylic oxidation sites excluding steroid dienone is 2. The lowest BCUT2D eigenvalue weighted by atomic mass is 9.99. The van der Waals surface area contributed by atoms with E-state index in [1.54, 1.807) is 12.1 Å². The number of dihydropyridines is 1. The largest absolute Gasteiger partial charge is 0.490 e. The molecule has 3 aliphatic heterocycles. The quantitative estimate of drug-likeness (QED) is 0.677. The van der Waals surface area contributed by atoms with Crippen molar-refractivity contribution in [3.8, 4) is 11.5 Å². The van der Waals surface area contributed by atoms with Gasteiger partial charge in [-0.05, 0) is 23.8 Å². The molecule has 182 valence electrons. The number of hydrogen-bond donors (Lipinski definition) is 2. The first kappa shape index (κ1) is 22.8. The number of fused-ring (bicyclic) bond motifs is 1. The Bertz CT molecular complexity index is 1250. The van der Waals surface area contributed by atoms with Crippen molar-refractivity contribution in [2.45, 2.75) is 0 Å². The molecule has 1 saturated heterocycles. The van der Waals surface area contributed by atoms with E-state index < -0.39 is 23.4 Å². The van der Waals surface area contributed by atoms with Crippen LogP contribution in [0.15, 0.2) is 48.4 Å². The van der Waals surface area contributed by atoms with Crippen LogP contribution in [0.3, 0.4) is 0 Å². The standard InChI is InChI=1S/C25H22F3N3O4/c26-19-7-24-22(30-8-16(32)13-35-24)6-18(19)25(33)31-10-14(11-31)12-34-23-2-1-15(5-20(23)27)17-3-4-29-9-21(17)28/h1-3,5-7,9,14,29-30H,4,8,10-13H2. The van der Waals surface area contributed by atoms with Gasteiger partial charge in [0.05, 0.1) is 24.4 Å². The molecule has 0 aromatic heterocycles. The minimum absolute atomic E-state index is 0.0351. The Morgan fingerprint density at radius 1 is 1.14 bits per heavy atom. The molecule has 2 aromatic rings. The molecule has 2 N–H and O–H groups in total. The minimum Gasteiger partial charge on any atom is -0.490 e. The summed E-state index contributed by atoms with van der Waals surface area (Å²) in [5.41, 5.74) is 0.998. The Hall–Kier alpha value is -3.95. The predicted molar refractivity (Wildman–Crippen MR) is 122 cm³/mol. The monoisotopic (exact) mass is 485 g/mol. The van der Waals surface area contributed by atoms with Crippen molar-refractivity contribution < 1.29 is 32.2 Å². The molecule has 3 heterocycles. The predicted octanol–water partition coefficient (Wildman–Crippen LogP) is 3.29. The maximum absolute atomic E-state index is 14.5. The van der Waals surface area contributed by atoms with Gasteiger partial charge in [-0.1, -0.05) is 12.1 Å². The lowest BCUT2D eigenvalue weighted by molar-refractivity contribution is -0.119. The molecule has 0 bridgehead atoms. The third-order valence-electron chi connectivity index (χ3n) is 6.04. The first-order valence-corrected chi connectivity index (χ1v) is 11.1. The first-order valence-electron chi connectivity index (χ1n) is 11.1. The number of anilines is 1. The number of nitrogens with zero attached hydrogens (tertiary/aromatic N) is 1. The van der Waals surface area contributed by atoms with Crippen molar-refractivity contribution in [3.63, 3.8) is 0 Å². The van der Waals surface area contributed by atoms with Gasteiger partial charge in [0.25, 0.3) is 5.91 Å². The van der Waals surface area contributed by atoms with Crippen molar-refractivity contribution in [1.29, 1.82) is 0 Å². The summed E-state index contributed by atoms with van der Waals surface area (Å²) in [5.74, 6) is -2.31. The molecule has 1 fully saturated rings. The number of halogens is 3. The molecule has 1 amide bonds. The van der Waals surface area contributed by atoms with Crippen LogP contribution in [0.1, 0.15) is 15.9 Å². The number of likely N-dealkylation sites (tertiary alicyclic amines) is 1. The number of ketones is 1. The zero-order valence-electron chi connectivity index (χ0n) is 18.6. The third kappa shape index (κ3) is 4.68. The molecule has 0 radical (unpaired) electrons. The van der Waals surface area contributed by atoms with Gasteiger partial charge in [0.2, 0.25) is 0 Å². The summed E-state index contributed by atoms with van der Waals surface area (Å²) in [6.45, 7) is 1.16. The van der Waals surface area contributed by atoms with Gasteiger partial charge in [0, 0.05) is 43.4 Å². The average Bonchev–Trinajstić information content (AvgIpc) is 2.99. The summed E-state index contributed by atoms with van der Waals surface area (Å²) in [4.78, 5) is 25.8. The number of hydrogen-bond acceptors (Lipinski definition) is 6. The van der Waals surface area contributed by atoms with Crippen LogP contribution in [0.5, 0.6) is 11.5 Å². The Morgan fingerprint density at radius 2 is 1.97 bits per heavy atom. The van der Waals surface area contributed by atoms with Crippen LogP contribution < -0.4 is 20.1 Å². The van der Waals surface area contributed by atoms with Gasteiger partial charge < -0.3 is 25.0 Å². The zero-order valence-corrected chi connectivity index (χ0v) is 18.6. The maximum atomic E-state index is 14.5. The maximum Gasteiger partial charge on any atom is 0.256 e. The van der Waals surface area contributed by atoms with Gasteiger partial charge in [-0.25, -0.2) is 13.2 Å². The number of Topliss-reactive ketones (excluding diaryl/α,β-unsaturated/α-hetero) is 1. The van der Waals surface area contributed by atoms with Crippen molar-refractivity contribution in [1.82, 2.24) is 10.2 Å². The topological polar surface area (TPSA) is 79.9 Å². The Morgan fingerprint density at radius 3 is 2.74 bits per heavy atom. The van der Waals surface area contributed by atoms with E-state index >= 15 is 0 Å². The lowest BCUT2D eigenvalue weighted by Crippen LogP contribution is -2.52. The van der Waals surface area contributed by atoms with E-state index in [4.69, 9.17) is 9.47 Å². The van der Waals surface area contributed by atoms with Crippen LogP contribution in [0.4, 0.5) is 18.9 Å². The molecule has 0 aliphatic carbocycles. The van der Waals surface area contributed by atoms with Crippen LogP contribution in [0.25, 0.3) is 5.57 Å². The third-order valence-corrected chi connectivity index (χ3v) is 6.04. The molecule has 2 aromatic carbocycles. The van der Waals surface area contributed by atoms with Gasteiger partial charge in [0.1, 0.15) is 24.0 Å². The molecule has 0 atom stereocenters. The average molecular weight is 485 g/mol. The Balaban J connectivity index is 1.17. The number of carbonyl (C=O) groups is 2. The van der Waals surface area contributed by atoms with E-state index in [2.05, 4.69) is 10.6 Å². The molecular weight excluding hydrogens is 463 g/mol. The van der Waals surface area contributed by atoms with E-state index in [0.29, 0.717) is 36.5 Å². The second-order valence-corrected chi connectivity index (χ2v) is 8.56. The fourth-order valence-corrected chi connectivity index (χ4v) is 4.12. The van der Waals surface area contributed by atoms with Crippen molar-refractivity contribution >= 4 is 23.0 Å². The molecule has 7 nitrogen and oxygen atoms in total. The van der Waals surface area contributed by atoms with E-state index in [9.17, 15) is 22.8 Å². The van der Waals surface area contributed by atoms with Gasteiger partial charge in [-0.2, -0.15) is 0 Å². The highest BCUT2D eigenvalue weighted by molar-refractivity contribution is 5.97. The second-order valence-electron chi connectivity index (χ2n) is 8.56. The highest BCUT2D eigenvalue weighted by atomic mass is 19.1. The summed E-state index contributed by atoms with van der Waals surface area (Å²) >= 11 is 0. The molecular formula is C25H22F3N3O4. The zero-order chi connectivity index (χ0) is 24.5. The van der Waals surface area contributed by atoms with Crippen molar-refractivity contribution in [3.05, 3.63) is 71.2 Å².